The Kier molecular flexibility index (Phi) is 6.22. The monoisotopic (exact) mass is 424 g/mol. The molecule has 0 saturated carbocycles. The van der Waals surface area contributed by atoms with Crippen molar-refractivity contribution < 1.29 is 14.0 Å². The maximum Gasteiger partial charge on any atom is 0.268 e. The van der Waals surface area contributed by atoms with Gasteiger partial charge in [0.05, 0.1) is 12.8 Å². The van der Waals surface area contributed by atoms with Crippen LogP contribution in [0, 0.1) is 0 Å². The van der Waals surface area contributed by atoms with Crippen molar-refractivity contribution in [3.8, 4) is 0 Å². The van der Waals surface area contributed by atoms with Crippen LogP contribution in [0.2, 0.25) is 0 Å². The molecule has 0 saturated heterocycles. The van der Waals surface area contributed by atoms with E-state index in [1.54, 1.807) is 42.5 Å². The highest BCUT2D eigenvalue weighted by Gasteiger charge is 2.15. The Bertz CT molecular complexity index is 933. The van der Waals surface area contributed by atoms with E-state index in [1.165, 1.54) is 6.26 Å². The first kappa shape index (κ1) is 18.7. The fourth-order valence-corrected chi connectivity index (χ4v) is 2.61. The predicted molar refractivity (Wildman–Crippen MR) is 107 cm³/mol. The zero-order chi connectivity index (χ0) is 19.1. The van der Waals surface area contributed by atoms with E-state index < -0.39 is 5.91 Å². The molecular weight excluding hydrogens is 408 g/mol. The van der Waals surface area contributed by atoms with Crippen molar-refractivity contribution >= 4 is 33.8 Å². The maximum atomic E-state index is 12.6. The van der Waals surface area contributed by atoms with Crippen LogP contribution in [-0.2, 0) is 11.3 Å². The van der Waals surface area contributed by atoms with Gasteiger partial charge in [-0.25, -0.2) is 0 Å². The number of hydrogen-bond acceptors (Lipinski definition) is 3. The Morgan fingerprint density at radius 3 is 2.37 bits per heavy atom. The Morgan fingerprint density at radius 1 is 0.963 bits per heavy atom. The molecule has 27 heavy (non-hydrogen) atoms. The molecule has 0 spiro atoms. The van der Waals surface area contributed by atoms with E-state index in [0.29, 0.717) is 11.3 Å². The molecule has 2 amide bonds. The van der Waals surface area contributed by atoms with Gasteiger partial charge < -0.3 is 15.1 Å². The third-order valence-electron chi connectivity index (χ3n) is 3.71. The molecule has 3 rings (SSSR count). The normalized spacial score (nSPS) is 11.1. The van der Waals surface area contributed by atoms with E-state index >= 15 is 0 Å². The van der Waals surface area contributed by atoms with E-state index in [2.05, 4.69) is 26.6 Å². The van der Waals surface area contributed by atoms with Crippen molar-refractivity contribution in [3.63, 3.8) is 0 Å². The summed E-state index contributed by atoms with van der Waals surface area (Å²) in [5, 5.41) is 5.44. The maximum absolute atomic E-state index is 12.6. The lowest BCUT2D eigenvalue weighted by molar-refractivity contribution is -0.118. The van der Waals surface area contributed by atoms with Crippen LogP contribution in [-0.4, -0.2) is 11.8 Å². The zero-order valence-corrected chi connectivity index (χ0v) is 15.9. The van der Waals surface area contributed by atoms with Crippen molar-refractivity contribution in [2.75, 3.05) is 0 Å². The summed E-state index contributed by atoms with van der Waals surface area (Å²) < 4.78 is 6.15. The predicted octanol–water partition coefficient (Wildman–Crippen LogP) is 4.13. The van der Waals surface area contributed by atoms with Crippen molar-refractivity contribution in [3.05, 3.63) is 100 Å². The van der Waals surface area contributed by atoms with Gasteiger partial charge in [-0.05, 0) is 48.0 Å². The van der Waals surface area contributed by atoms with Crippen molar-refractivity contribution in [2.45, 2.75) is 6.54 Å². The summed E-state index contributed by atoms with van der Waals surface area (Å²) in [6.45, 7) is 0.227. The smallest absolute Gasteiger partial charge is 0.268 e. The second-order valence-corrected chi connectivity index (χ2v) is 6.61. The number of nitrogens with one attached hydrogen (secondary N) is 2. The molecule has 1 aromatic heterocycles. The minimum atomic E-state index is -0.404. The molecule has 0 bridgehead atoms. The number of amides is 2. The van der Waals surface area contributed by atoms with Crippen LogP contribution in [0.5, 0.6) is 0 Å². The van der Waals surface area contributed by atoms with Crippen LogP contribution in [0.4, 0.5) is 0 Å². The van der Waals surface area contributed by atoms with Gasteiger partial charge in [-0.15, -0.1) is 0 Å². The number of halogens is 1. The second-order valence-electron chi connectivity index (χ2n) is 5.69. The summed E-state index contributed by atoms with van der Waals surface area (Å²) >= 11 is 3.38. The van der Waals surface area contributed by atoms with Crippen LogP contribution >= 0.6 is 15.9 Å². The summed E-state index contributed by atoms with van der Waals surface area (Å²) in [6, 6.07) is 19.7. The molecule has 0 aliphatic rings. The third kappa shape index (κ3) is 5.43. The molecule has 0 aliphatic heterocycles. The van der Waals surface area contributed by atoms with Crippen LogP contribution in [0.3, 0.4) is 0 Å². The molecule has 6 heteroatoms. The largest absolute Gasteiger partial charge is 0.467 e. The van der Waals surface area contributed by atoms with Crippen LogP contribution < -0.4 is 10.6 Å². The first-order chi connectivity index (χ1) is 13.1. The number of carbonyl (C=O) groups excluding carboxylic acids is 2. The first-order valence-corrected chi connectivity index (χ1v) is 9.05. The minimum Gasteiger partial charge on any atom is -0.467 e. The molecule has 0 radical (unpaired) electrons. The van der Waals surface area contributed by atoms with Gasteiger partial charge in [0.25, 0.3) is 11.8 Å². The van der Waals surface area contributed by atoms with E-state index in [-0.39, 0.29) is 18.1 Å². The molecular formula is C21H17BrN2O3. The number of hydrogen-bond donors (Lipinski definition) is 2. The van der Waals surface area contributed by atoms with Gasteiger partial charge in [0, 0.05) is 10.0 Å². The highest BCUT2D eigenvalue weighted by atomic mass is 79.9. The average molecular weight is 425 g/mol. The van der Waals surface area contributed by atoms with Crippen molar-refractivity contribution in [1.29, 1.82) is 0 Å². The summed E-state index contributed by atoms with van der Waals surface area (Å²) in [5.74, 6) is -0.133. The number of rotatable bonds is 6. The molecule has 0 unspecified atom stereocenters. The molecule has 136 valence electrons. The Labute approximate surface area is 165 Å². The molecule has 0 atom stereocenters. The number of furan rings is 1. The lowest BCUT2D eigenvalue weighted by Crippen LogP contribution is -2.34. The van der Waals surface area contributed by atoms with Gasteiger partial charge in [-0.2, -0.15) is 0 Å². The van der Waals surface area contributed by atoms with Gasteiger partial charge in [0.1, 0.15) is 11.5 Å². The standard InChI is InChI=1S/C21H17BrN2O3/c22-17-10-8-15(9-11-17)13-19(21(26)23-14-18-7-4-12-27-18)24-20(25)16-5-2-1-3-6-16/h1-13H,14H2,(H,23,26)(H,24,25). The Morgan fingerprint density at radius 2 is 1.70 bits per heavy atom. The average Bonchev–Trinajstić information content (AvgIpc) is 3.21. The van der Waals surface area contributed by atoms with Crippen LogP contribution in [0.25, 0.3) is 6.08 Å². The molecule has 3 aromatic rings. The number of benzene rings is 2. The topological polar surface area (TPSA) is 71.3 Å². The molecule has 1 heterocycles. The van der Waals surface area contributed by atoms with Gasteiger partial charge in [-0.3, -0.25) is 9.59 Å². The molecule has 5 nitrogen and oxygen atoms in total. The number of carbonyl (C=O) groups is 2. The minimum absolute atomic E-state index is 0.151. The fourth-order valence-electron chi connectivity index (χ4n) is 2.34. The molecule has 0 fully saturated rings. The van der Waals surface area contributed by atoms with Gasteiger partial charge in [0.15, 0.2) is 0 Å². The first-order valence-electron chi connectivity index (χ1n) is 8.26. The molecule has 0 aliphatic carbocycles. The summed E-state index contributed by atoms with van der Waals surface area (Å²) in [6.07, 6.45) is 3.17. The van der Waals surface area contributed by atoms with Crippen LogP contribution in [0.1, 0.15) is 21.7 Å². The third-order valence-corrected chi connectivity index (χ3v) is 4.24. The summed E-state index contributed by atoms with van der Waals surface area (Å²) in [5.41, 5.74) is 1.41. The Balaban J connectivity index is 1.80. The highest BCUT2D eigenvalue weighted by Crippen LogP contribution is 2.13. The quantitative estimate of drug-likeness (QED) is 0.584. The van der Waals surface area contributed by atoms with E-state index in [4.69, 9.17) is 4.42 Å². The summed E-state index contributed by atoms with van der Waals surface area (Å²) in [7, 11) is 0. The van der Waals surface area contributed by atoms with Gasteiger partial charge in [-0.1, -0.05) is 46.3 Å². The van der Waals surface area contributed by atoms with E-state index in [1.807, 2.05) is 30.3 Å². The molecule has 2 aromatic carbocycles. The van der Waals surface area contributed by atoms with Gasteiger partial charge >= 0.3 is 0 Å². The van der Waals surface area contributed by atoms with E-state index in [0.717, 1.165) is 10.0 Å². The lowest BCUT2D eigenvalue weighted by Gasteiger charge is -2.11. The molecule has 2 N–H and O–H groups in total. The van der Waals surface area contributed by atoms with Crippen molar-refractivity contribution in [1.82, 2.24) is 10.6 Å². The van der Waals surface area contributed by atoms with E-state index in [9.17, 15) is 9.59 Å². The van der Waals surface area contributed by atoms with Crippen LogP contribution in [0.15, 0.2) is 87.6 Å². The van der Waals surface area contributed by atoms with Crippen molar-refractivity contribution in [2.24, 2.45) is 0 Å². The summed E-state index contributed by atoms with van der Waals surface area (Å²) in [4.78, 5) is 25.1. The lowest BCUT2D eigenvalue weighted by atomic mass is 10.1. The Hall–Kier alpha value is -3.12. The highest BCUT2D eigenvalue weighted by molar-refractivity contribution is 9.10. The van der Waals surface area contributed by atoms with Gasteiger partial charge in [0.2, 0.25) is 0 Å². The SMILES string of the molecule is O=C(NCc1ccco1)C(=Cc1ccc(Br)cc1)NC(=O)c1ccccc1. The second kappa shape index (κ2) is 9.00. The fraction of sp³-hybridized carbons (Fsp3) is 0.0476. The zero-order valence-electron chi connectivity index (χ0n) is 14.3.